The fourth-order valence-corrected chi connectivity index (χ4v) is 3.70. The molecule has 2 aromatic rings. The number of H-pyrrole nitrogens is 1. The maximum atomic E-state index is 12.4. The summed E-state index contributed by atoms with van der Waals surface area (Å²) in [6.45, 7) is 6.16. The van der Waals surface area contributed by atoms with Crippen LogP contribution in [0.15, 0.2) is 27.8 Å². The van der Waals surface area contributed by atoms with Gasteiger partial charge in [-0.15, -0.1) is 0 Å². The van der Waals surface area contributed by atoms with Crippen LogP contribution in [0, 0.1) is 0 Å². The number of benzene rings is 1. The molecule has 1 aromatic heterocycles. The number of nitrogens with zero attached hydrogens (tertiary/aromatic N) is 2. The van der Waals surface area contributed by atoms with Gasteiger partial charge in [0.25, 0.3) is 5.91 Å². The third-order valence-corrected chi connectivity index (χ3v) is 5.19. The van der Waals surface area contributed by atoms with E-state index in [1.54, 1.807) is 18.2 Å². The summed E-state index contributed by atoms with van der Waals surface area (Å²) in [5.41, 5.74) is 0.364. The molecule has 1 aliphatic rings. The lowest BCUT2D eigenvalue weighted by molar-refractivity contribution is 0.0951. The van der Waals surface area contributed by atoms with Gasteiger partial charge in [-0.1, -0.05) is 12.8 Å². The largest absolute Gasteiger partial charge is 0.352 e. The van der Waals surface area contributed by atoms with E-state index in [1.807, 2.05) is 6.92 Å². The molecule has 1 amide bonds. The summed E-state index contributed by atoms with van der Waals surface area (Å²) in [4.78, 5) is 41.1. The summed E-state index contributed by atoms with van der Waals surface area (Å²) in [6, 6.07) is 5.03. The topological polar surface area (TPSA) is 87.2 Å². The highest BCUT2D eigenvalue weighted by Gasteiger charge is 2.11. The Hall–Kier alpha value is -2.41. The van der Waals surface area contributed by atoms with Crippen LogP contribution in [-0.2, 0) is 6.54 Å². The molecular weight excluding hydrogens is 344 g/mol. The molecule has 7 nitrogen and oxygen atoms in total. The van der Waals surface area contributed by atoms with E-state index in [9.17, 15) is 14.4 Å². The highest BCUT2D eigenvalue weighted by atomic mass is 16.2. The number of nitrogens with one attached hydrogen (secondary N) is 2. The van der Waals surface area contributed by atoms with Crippen LogP contribution in [0.5, 0.6) is 0 Å². The minimum Gasteiger partial charge on any atom is -0.352 e. The van der Waals surface area contributed by atoms with Gasteiger partial charge in [0.05, 0.1) is 11.0 Å². The second kappa shape index (κ2) is 8.99. The number of aromatic amines is 1. The van der Waals surface area contributed by atoms with Gasteiger partial charge in [-0.05, 0) is 64.0 Å². The van der Waals surface area contributed by atoms with Crippen molar-refractivity contribution in [3.05, 3.63) is 44.5 Å². The second-order valence-electron chi connectivity index (χ2n) is 7.10. The molecule has 146 valence electrons. The number of fused-ring (bicyclic) bond motifs is 1. The first-order chi connectivity index (χ1) is 13.1. The summed E-state index contributed by atoms with van der Waals surface area (Å²) in [7, 11) is 0. The van der Waals surface area contributed by atoms with Crippen LogP contribution in [0.3, 0.4) is 0 Å². The molecule has 2 N–H and O–H groups in total. The first-order valence-corrected chi connectivity index (χ1v) is 9.87. The number of aryl methyl sites for hydroxylation is 1. The molecule has 3 rings (SSSR count). The Kier molecular flexibility index (Phi) is 6.45. The molecule has 0 saturated carbocycles. The predicted octanol–water partition coefficient (Wildman–Crippen LogP) is 1.71. The number of carbonyl (C=O) groups excluding carboxylic acids is 1. The van der Waals surface area contributed by atoms with Crippen molar-refractivity contribution in [3.63, 3.8) is 0 Å². The smallest absolute Gasteiger partial charge is 0.316 e. The van der Waals surface area contributed by atoms with Crippen LogP contribution in [0.4, 0.5) is 0 Å². The van der Waals surface area contributed by atoms with Gasteiger partial charge in [0.2, 0.25) is 0 Å². The van der Waals surface area contributed by atoms with Crippen LogP contribution >= 0.6 is 0 Å². The van der Waals surface area contributed by atoms with Gasteiger partial charge in [0, 0.05) is 18.7 Å². The molecule has 7 heteroatoms. The highest BCUT2D eigenvalue weighted by Crippen LogP contribution is 2.12. The molecule has 27 heavy (non-hydrogen) atoms. The van der Waals surface area contributed by atoms with Crippen LogP contribution in [0.2, 0.25) is 0 Å². The zero-order chi connectivity index (χ0) is 19.2. The van der Waals surface area contributed by atoms with Crippen molar-refractivity contribution in [3.8, 4) is 0 Å². The third-order valence-electron chi connectivity index (χ3n) is 5.19. The fraction of sp³-hybridized carbons (Fsp3) is 0.550. The summed E-state index contributed by atoms with van der Waals surface area (Å²) in [5.74, 6) is -0.164. The van der Waals surface area contributed by atoms with E-state index in [-0.39, 0.29) is 5.91 Å². The van der Waals surface area contributed by atoms with E-state index in [4.69, 9.17) is 0 Å². The average Bonchev–Trinajstić information content (AvgIpc) is 2.94. The number of aromatic nitrogens is 2. The van der Waals surface area contributed by atoms with E-state index < -0.39 is 11.1 Å². The fourth-order valence-electron chi connectivity index (χ4n) is 3.70. The van der Waals surface area contributed by atoms with Crippen molar-refractivity contribution in [1.29, 1.82) is 0 Å². The average molecular weight is 372 g/mol. The Bertz CT molecular complexity index is 908. The minimum atomic E-state index is -0.667. The van der Waals surface area contributed by atoms with Crippen molar-refractivity contribution >= 4 is 16.9 Å². The summed E-state index contributed by atoms with van der Waals surface area (Å²) < 4.78 is 1.41. The maximum absolute atomic E-state index is 12.4. The summed E-state index contributed by atoms with van der Waals surface area (Å²) in [5, 5.41) is 2.95. The maximum Gasteiger partial charge on any atom is 0.316 e. The lowest BCUT2D eigenvalue weighted by atomic mass is 10.1. The van der Waals surface area contributed by atoms with Gasteiger partial charge in [-0.25, -0.2) is 0 Å². The Balaban J connectivity index is 1.61. The third kappa shape index (κ3) is 4.66. The zero-order valence-corrected chi connectivity index (χ0v) is 15.9. The van der Waals surface area contributed by atoms with Crippen LogP contribution < -0.4 is 16.4 Å². The Labute approximate surface area is 158 Å². The van der Waals surface area contributed by atoms with Gasteiger partial charge in [0.15, 0.2) is 0 Å². The predicted molar refractivity (Wildman–Crippen MR) is 106 cm³/mol. The van der Waals surface area contributed by atoms with Crippen molar-refractivity contribution in [2.45, 2.75) is 45.6 Å². The van der Waals surface area contributed by atoms with Crippen molar-refractivity contribution in [2.24, 2.45) is 0 Å². The molecule has 2 heterocycles. The van der Waals surface area contributed by atoms with Gasteiger partial charge in [-0.2, -0.15) is 0 Å². The van der Waals surface area contributed by atoms with E-state index in [2.05, 4.69) is 15.2 Å². The number of hydrogen-bond donors (Lipinski definition) is 2. The Morgan fingerprint density at radius 1 is 1.15 bits per heavy atom. The Morgan fingerprint density at radius 2 is 1.89 bits per heavy atom. The minimum absolute atomic E-state index is 0.164. The molecule has 1 aliphatic heterocycles. The molecule has 0 atom stereocenters. The first-order valence-electron chi connectivity index (χ1n) is 9.87. The standard InChI is InChI=1S/C20H28N4O3/c1-2-24-17-9-8-15(14-16(17)22-19(26)20(24)27)18(25)21-10-7-13-23-11-5-3-4-6-12-23/h8-9,14H,2-7,10-13H2,1H3,(H,21,25)(H,22,26). The van der Waals surface area contributed by atoms with Crippen LogP contribution in [0.25, 0.3) is 11.0 Å². The van der Waals surface area contributed by atoms with Gasteiger partial charge in [0.1, 0.15) is 0 Å². The second-order valence-corrected chi connectivity index (χ2v) is 7.10. The van der Waals surface area contributed by atoms with E-state index in [0.29, 0.717) is 29.7 Å². The molecule has 1 saturated heterocycles. The molecule has 0 bridgehead atoms. The number of amides is 1. The van der Waals surface area contributed by atoms with Gasteiger partial charge >= 0.3 is 11.1 Å². The van der Waals surface area contributed by atoms with E-state index in [1.165, 1.54) is 30.3 Å². The number of rotatable bonds is 6. The van der Waals surface area contributed by atoms with E-state index >= 15 is 0 Å². The zero-order valence-electron chi connectivity index (χ0n) is 15.9. The molecule has 1 aromatic carbocycles. The number of carbonyl (C=O) groups is 1. The highest BCUT2D eigenvalue weighted by molar-refractivity contribution is 5.97. The normalized spacial score (nSPS) is 15.6. The molecule has 0 unspecified atom stereocenters. The quantitative estimate of drug-likeness (QED) is 0.597. The Morgan fingerprint density at radius 3 is 2.59 bits per heavy atom. The molecule has 0 spiro atoms. The number of likely N-dealkylation sites (tertiary alicyclic amines) is 1. The van der Waals surface area contributed by atoms with Crippen LogP contribution in [-0.4, -0.2) is 46.5 Å². The van der Waals surface area contributed by atoms with Gasteiger partial charge in [-0.3, -0.25) is 14.4 Å². The van der Waals surface area contributed by atoms with Crippen molar-refractivity contribution < 1.29 is 4.79 Å². The summed E-state index contributed by atoms with van der Waals surface area (Å²) >= 11 is 0. The molecule has 1 fully saturated rings. The summed E-state index contributed by atoms with van der Waals surface area (Å²) in [6.07, 6.45) is 6.10. The monoisotopic (exact) mass is 372 g/mol. The van der Waals surface area contributed by atoms with Crippen molar-refractivity contribution in [2.75, 3.05) is 26.2 Å². The number of hydrogen-bond acceptors (Lipinski definition) is 4. The first kappa shape index (κ1) is 19.4. The molecule has 0 aliphatic carbocycles. The van der Waals surface area contributed by atoms with Gasteiger partial charge < -0.3 is 19.8 Å². The van der Waals surface area contributed by atoms with Crippen molar-refractivity contribution in [1.82, 2.24) is 19.8 Å². The molecular formula is C20H28N4O3. The molecule has 0 radical (unpaired) electrons. The SMILES string of the molecule is CCn1c(=O)c(=O)[nH]c2cc(C(=O)NCCCN3CCCCCC3)ccc21. The van der Waals surface area contributed by atoms with E-state index in [0.717, 1.165) is 26.1 Å². The lowest BCUT2D eigenvalue weighted by Crippen LogP contribution is -2.36. The lowest BCUT2D eigenvalue weighted by Gasteiger charge is -2.19. The van der Waals surface area contributed by atoms with Crippen LogP contribution in [0.1, 0.15) is 49.4 Å².